The van der Waals surface area contributed by atoms with Crippen LogP contribution in [0, 0.1) is 5.92 Å². The zero-order valence-corrected chi connectivity index (χ0v) is 17.7. The summed E-state index contributed by atoms with van der Waals surface area (Å²) in [7, 11) is 0. The Morgan fingerprint density at radius 1 is 0.964 bits per heavy atom. The fourth-order valence-electron chi connectivity index (χ4n) is 3.12. The lowest BCUT2D eigenvalue weighted by Crippen LogP contribution is -2.32. The zero-order valence-electron chi connectivity index (χ0n) is 17.7. The minimum atomic E-state index is -0.693. The van der Waals surface area contributed by atoms with Crippen molar-refractivity contribution in [2.24, 2.45) is 5.92 Å². The summed E-state index contributed by atoms with van der Waals surface area (Å²) in [5.74, 6) is -0.984. The molecule has 0 spiro atoms. The van der Waals surface area contributed by atoms with Crippen LogP contribution in [0.25, 0.3) is 0 Å². The van der Waals surface area contributed by atoms with Gasteiger partial charge in [0.1, 0.15) is 5.60 Å². The molecule has 5 nitrogen and oxygen atoms in total. The molecule has 0 unspecified atom stereocenters. The lowest BCUT2D eigenvalue weighted by Gasteiger charge is -2.19. The molecule has 0 radical (unpaired) electrons. The Labute approximate surface area is 169 Å². The first-order valence-electron chi connectivity index (χ1n) is 10.5. The van der Waals surface area contributed by atoms with Crippen molar-refractivity contribution in [1.29, 1.82) is 0 Å². The van der Waals surface area contributed by atoms with Crippen molar-refractivity contribution in [2.75, 3.05) is 6.54 Å². The number of carbonyl (C=O) groups is 2. The molecule has 0 aliphatic rings. The molecule has 2 N–H and O–H groups in total. The molecule has 0 saturated heterocycles. The van der Waals surface area contributed by atoms with Gasteiger partial charge >= 0.3 is 12.1 Å². The summed E-state index contributed by atoms with van der Waals surface area (Å²) in [6.07, 6.45) is 8.52. The summed E-state index contributed by atoms with van der Waals surface area (Å²) in [4.78, 5) is 23.0. The predicted molar refractivity (Wildman–Crippen MR) is 112 cm³/mol. The third-order valence-corrected chi connectivity index (χ3v) is 4.57. The summed E-state index contributed by atoms with van der Waals surface area (Å²) >= 11 is 0. The number of nitrogens with one attached hydrogen (secondary N) is 1. The summed E-state index contributed by atoms with van der Waals surface area (Å²) in [6, 6.07) is 9.85. The lowest BCUT2D eigenvalue weighted by molar-refractivity contribution is -0.142. The van der Waals surface area contributed by atoms with Crippen molar-refractivity contribution >= 4 is 12.1 Å². The number of carbonyl (C=O) groups excluding carboxylic acids is 1. The monoisotopic (exact) mass is 391 g/mol. The Hall–Kier alpha value is -2.04. The minimum absolute atomic E-state index is 0.290. The Kier molecular flexibility index (Phi) is 11.3. The standard InChI is InChI=1S/C23H37NO4/c1-23(2,3)28-22(27)24-17-13-8-6-4-5-7-12-16-20(21(25)26)18-19-14-10-9-11-15-19/h9-11,14-15,20H,4-8,12-13,16-18H2,1-3H3,(H,24,27)(H,25,26)/t20-/m1/s1. The minimum Gasteiger partial charge on any atom is -0.481 e. The molecule has 0 bridgehead atoms. The van der Waals surface area contributed by atoms with Crippen LogP contribution in [0.15, 0.2) is 30.3 Å². The average molecular weight is 392 g/mol. The number of carboxylic acids is 1. The van der Waals surface area contributed by atoms with Crippen LogP contribution in [-0.4, -0.2) is 29.3 Å². The van der Waals surface area contributed by atoms with E-state index in [2.05, 4.69) is 5.32 Å². The molecule has 1 aromatic carbocycles. The van der Waals surface area contributed by atoms with E-state index in [1.54, 1.807) is 0 Å². The normalized spacial score (nSPS) is 12.4. The van der Waals surface area contributed by atoms with Crippen molar-refractivity contribution in [3.8, 4) is 0 Å². The molecular weight excluding hydrogens is 354 g/mol. The molecule has 1 rings (SSSR count). The first-order chi connectivity index (χ1) is 13.3. The highest BCUT2D eigenvalue weighted by Crippen LogP contribution is 2.17. The van der Waals surface area contributed by atoms with Crippen LogP contribution in [-0.2, 0) is 16.0 Å². The van der Waals surface area contributed by atoms with Gasteiger partial charge in [-0.2, -0.15) is 0 Å². The van der Waals surface area contributed by atoms with Gasteiger partial charge < -0.3 is 15.2 Å². The highest BCUT2D eigenvalue weighted by atomic mass is 16.6. The van der Waals surface area contributed by atoms with E-state index in [-0.39, 0.29) is 12.0 Å². The van der Waals surface area contributed by atoms with Crippen molar-refractivity contribution < 1.29 is 19.4 Å². The molecule has 0 aromatic heterocycles. The van der Waals surface area contributed by atoms with Gasteiger partial charge in [-0.15, -0.1) is 0 Å². The van der Waals surface area contributed by atoms with Crippen LogP contribution >= 0.6 is 0 Å². The Morgan fingerprint density at radius 3 is 2.11 bits per heavy atom. The van der Waals surface area contributed by atoms with Gasteiger partial charge in [-0.1, -0.05) is 68.9 Å². The second-order valence-electron chi connectivity index (χ2n) is 8.42. The number of hydrogen-bond donors (Lipinski definition) is 2. The second-order valence-corrected chi connectivity index (χ2v) is 8.42. The molecule has 28 heavy (non-hydrogen) atoms. The second kappa shape index (κ2) is 13.2. The number of hydrogen-bond acceptors (Lipinski definition) is 3. The average Bonchev–Trinajstić information content (AvgIpc) is 2.61. The number of amides is 1. The highest BCUT2D eigenvalue weighted by molar-refractivity contribution is 5.70. The highest BCUT2D eigenvalue weighted by Gasteiger charge is 2.17. The third-order valence-electron chi connectivity index (χ3n) is 4.57. The van der Waals surface area contributed by atoms with Crippen LogP contribution in [0.4, 0.5) is 4.79 Å². The quantitative estimate of drug-likeness (QED) is 0.431. The summed E-state index contributed by atoms with van der Waals surface area (Å²) in [5, 5.41) is 12.2. The van der Waals surface area contributed by atoms with E-state index in [1.165, 1.54) is 0 Å². The number of rotatable bonds is 13. The van der Waals surface area contributed by atoms with Gasteiger partial charge in [0, 0.05) is 6.54 Å². The molecule has 1 aromatic rings. The van der Waals surface area contributed by atoms with Crippen molar-refractivity contribution in [2.45, 2.75) is 84.2 Å². The number of ether oxygens (including phenoxy) is 1. The van der Waals surface area contributed by atoms with Gasteiger partial charge in [0.2, 0.25) is 0 Å². The maximum absolute atomic E-state index is 11.5. The number of unbranched alkanes of at least 4 members (excludes halogenated alkanes) is 6. The predicted octanol–water partition coefficient (Wildman–Crippen LogP) is 5.58. The fraction of sp³-hybridized carbons (Fsp3) is 0.652. The van der Waals surface area contributed by atoms with Crippen molar-refractivity contribution in [3.63, 3.8) is 0 Å². The maximum atomic E-state index is 11.5. The molecule has 0 aliphatic heterocycles. The van der Waals surface area contributed by atoms with Gasteiger partial charge in [-0.3, -0.25) is 4.79 Å². The first-order valence-corrected chi connectivity index (χ1v) is 10.5. The SMILES string of the molecule is CC(C)(C)OC(=O)NCCCCCCCCC[C@H](Cc1ccccc1)C(=O)O. The molecule has 5 heteroatoms. The van der Waals surface area contributed by atoms with Crippen LogP contribution in [0.3, 0.4) is 0 Å². The molecule has 0 saturated carbocycles. The van der Waals surface area contributed by atoms with Crippen LogP contribution in [0.2, 0.25) is 0 Å². The van der Waals surface area contributed by atoms with Crippen LogP contribution in [0.1, 0.15) is 77.7 Å². The van der Waals surface area contributed by atoms with Crippen molar-refractivity contribution in [3.05, 3.63) is 35.9 Å². The van der Waals surface area contributed by atoms with Gasteiger partial charge in [0.15, 0.2) is 0 Å². The Morgan fingerprint density at radius 2 is 1.54 bits per heavy atom. The number of benzene rings is 1. The van der Waals surface area contributed by atoms with E-state index < -0.39 is 11.6 Å². The van der Waals surface area contributed by atoms with Gasteiger partial charge in [-0.25, -0.2) is 4.79 Å². The van der Waals surface area contributed by atoms with E-state index in [1.807, 2.05) is 51.1 Å². The van der Waals surface area contributed by atoms with Gasteiger partial charge in [0.05, 0.1) is 5.92 Å². The maximum Gasteiger partial charge on any atom is 0.407 e. The first kappa shape index (κ1) is 24.0. The topological polar surface area (TPSA) is 75.6 Å². The van der Waals surface area contributed by atoms with Crippen LogP contribution < -0.4 is 5.32 Å². The molecule has 0 fully saturated rings. The molecule has 1 atom stereocenters. The third kappa shape index (κ3) is 12.4. The van der Waals surface area contributed by atoms with Crippen molar-refractivity contribution in [1.82, 2.24) is 5.32 Å². The van der Waals surface area contributed by atoms with E-state index in [9.17, 15) is 14.7 Å². The van der Waals surface area contributed by atoms with E-state index >= 15 is 0 Å². The van der Waals surface area contributed by atoms with Gasteiger partial charge in [0.25, 0.3) is 0 Å². The zero-order chi connectivity index (χ0) is 20.8. The van der Waals surface area contributed by atoms with E-state index in [0.717, 1.165) is 56.9 Å². The van der Waals surface area contributed by atoms with E-state index in [4.69, 9.17) is 4.74 Å². The molecule has 158 valence electrons. The number of carboxylic acid groups (broad SMARTS) is 1. The number of alkyl carbamates (subject to hydrolysis) is 1. The molecular formula is C23H37NO4. The smallest absolute Gasteiger partial charge is 0.407 e. The lowest BCUT2D eigenvalue weighted by atomic mass is 9.93. The summed E-state index contributed by atoms with van der Waals surface area (Å²) < 4.78 is 5.19. The van der Waals surface area contributed by atoms with Crippen LogP contribution in [0.5, 0.6) is 0 Å². The number of aliphatic carboxylic acids is 1. The molecule has 1 amide bonds. The molecule has 0 heterocycles. The summed E-state index contributed by atoms with van der Waals surface area (Å²) in [5.41, 5.74) is 0.639. The Bertz CT molecular complexity index is 566. The largest absolute Gasteiger partial charge is 0.481 e. The Balaban J connectivity index is 2.01. The summed E-state index contributed by atoms with van der Waals surface area (Å²) in [6.45, 7) is 6.21. The molecule has 0 aliphatic carbocycles. The van der Waals surface area contributed by atoms with Gasteiger partial charge in [-0.05, 0) is 45.6 Å². The van der Waals surface area contributed by atoms with E-state index in [0.29, 0.717) is 13.0 Å². The fourth-order valence-corrected chi connectivity index (χ4v) is 3.12.